The van der Waals surface area contributed by atoms with Gasteiger partial charge >= 0.3 is 5.69 Å². The highest BCUT2D eigenvalue weighted by Gasteiger charge is 2.13. The van der Waals surface area contributed by atoms with Crippen LogP contribution < -0.4 is 11.0 Å². The molecule has 0 saturated heterocycles. The number of fused-ring (bicyclic) bond motifs is 3. The van der Waals surface area contributed by atoms with Crippen LogP contribution in [0.3, 0.4) is 0 Å². The van der Waals surface area contributed by atoms with Gasteiger partial charge in [0.1, 0.15) is 0 Å². The van der Waals surface area contributed by atoms with Crippen molar-refractivity contribution in [3.8, 4) is 0 Å². The molecule has 0 aliphatic rings. The van der Waals surface area contributed by atoms with Gasteiger partial charge in [-0.2, -0.15) is 0 Å². The van der Waals surface area contributed by atoms with Gasteiger partial charge in [-0.05, 0) is 54.6 Å². The minimum atomic E-state index is -0.206. The minimum Gasteiger partial charge on any atom is -0.350 e. The molecule has 0 unspecified atom stereocenters. The SMILES string of the molecule is Cc1ccc2cc(C)c3nn(CCNC(=O)c4ccncc4)c(=O)n3c2c1. The van der Waals surface area contributed by atoms with Gasteiger partial charge in [0.2, 0.25) is 0 Å². The highest BCUT2D eigenvalue weighted by molar-refractivity contribution is 5.93. The van der Waals surface area contributed by atoms with Crippen LogP contribution >= 0.6 is 0 Å². The van der Waals surface area contributed by atoms with E-state index in [0.717, 1.165) is 22.0 Å². The first-order valence-electron chi connectivity index (χ1n) is 8.72. The van der Waals surface area contributed by atoms with E-state index in [1.54, 1.807) is 28.9 Å². The molecule has 0 radical (unpaired) electrons. The number of nitrogens with one attached hydrogen (secondary N) is 1. The molecule has 4 aromatic rings. The number of nitrogens with zero attached hydrogens (tertiary/aromatic N) is 4. The molecule has 0 aliphatic carbocycles. The first-order valence-corrected chi connectivity index (χ1v) is 8.72. The van der Waals surface area contributed by atoms with Crippen molar-refractivity contribution in [3.05, 3.63) is 76.0 Å². The fourth-order valence-electron chi connectivity index (χ4n) is 3.17. The Bertz CT molecular complexity index is 1210. The number of carbonyl (C=O) groups excluding carboxylic acids is 1. The number of aryl methyl sites for hydroxylation is 2. The van der Waals surface area contributed by atoms with Gasteiger partial charge in [0.25, 0.3) is 5.91 Å². The summed E-state index contributed by atoms with van der Waals surface area (Å²) in [7, 11) is 0. The average Bonchev–Trinajstić information content (AvgIpc) is 3.01. The predicted molar refractivity (Wildman–Crippen MR) is 103 cm³/mol. The van der Waals surface area contributed by atoms with Crippen molar-refractivity contribution in [2.24, 2.45) is 0 Å². The maximum absolute atomic E-state index is 12.9. The van der Waals surface area contributed by atoms with E-state index in [1.165, 1.54) is 4.68 Å². The van der Waals surface area contributed by atoms with Crippen LogP contribution in [0.15, 0.2) is 53.6 Å². The summed E-state index contributed by atoms with van der Waals surface area (Å²) in [5, 5.41) is 8.27. The molecule has 1 aromatic carbocycles. The molecule has 3 heterocycles. The molecule has 0 spiro atoms. The molecule has 0 atom stereocenters. The normalized spacial score (nSPS) is 11.2. The standard InChI is InChI=1S/C20H19N5O2/c1-13-3-4-16-12-14(2)18-23-24(20(27)25(18)17(16)11-13)10-9-22-19(26)15-5-7-21-8-6-15/h3-8,11-12H,9-10H2,1-2H3,(H,22,26). The van der Waals surface area contributed by atoms with Crippen LogP contribution in [0.2, 0.25) is 0 Å². The Kier molecular flexibility index (Phi) is 4.19. The molecule has 0 fully saturated rings. The number of aromatic nitrogens is 4. The lowest BCUT2D eigenvalue weighted by molar-refractivity contribution is 0.0951. The average molecular weight is 361 g/mol. The summed E-state index contributed by atoms with van der Waals surface area (Å²) in [5.74, 6) is -0.202. The summed E-state index contributed by atoms with van der Waals surface area (Å²) < 4.78 is 3.04. The summed E-state index contributed by atoms with van der Waals surface area (Å²) in [6.07, 6.45) is 3.13. The van der Waals surface area contributed by atoms with E-state index in [1.807, 2.05) is 38.1 Å². The number of benzene rings is 1. The second kappa shape index (κ2) is 6.68. The van der Waals surface area contributed by atoms with Crippen LogP contribution in [0.5, 0.6) is 0 Å². The van der Waals surface area contributed by atoms with E-state index in [0.29, 0.717) is 24.3 Å². The van der Waals surface area contributed by atoms with Gasteiger partial charge in [0.15, 0.2) is 5.65 Å². The van der Waals surface area contributed by atoms with Crippen molar-refractivity contribution in [2.45, 2.75) is 20.4 Å². The quantitative estimate of drug-likeness (QED) is 0.603. The van der Waals surface area contributed by atoms with Crippen molar-refractivity contribution >= 4 is 22.5 Å². The van der Waals surface area contributed by atoms with Crippen LogP contribution in [-0.4, -0.2) is 31.6 Å². The second-order valence-electron chi connectivity index (χ2n) is 6.55. The van der Waals surface area contributed by atoms with Crippen LogP contribution in [0.25, 0.3) is 16.6 Å². The third-order valence-corrected chi connectivity index (χ3v) is 4.54. The topological polar surface area (TPSA) is 81.3 Å². The largest absolute Gasteiger partial charge is 0.350 e. The molecule has 4 rings (SSSR count). The number of amides is 1. The third-order valence-electron chi connectivity index (χ3n) is 4.54. The number of carbonyl (C=O) groups is 1. The predicted octanol–water partition coefficient (Wildman–Crippen LogP) is 2.09. The van der Waals surface area contributed by atoms with Crippen molar-refractivity contribution in [3.63, 3.8) is 0 Å². The lowest BCUT2D eigenvalue weighted by atomic mass is 10.1. The highest BCUT2D eigenvalue weighted by Crippen LogP contribution is 2.19. The zero-order valence-corrected chi connectivity index (χ0v) is 15.1. The number of hydrogen-bond acceptors (Lipinski definition) is 4. The summed E-state index contributed by atoms with van der Waals surface area (Å²) in [4.78, 5) is 28.9. The van der Waals surface area contributed by atoms with Gasteiger partial charge < -0.3 is 5.32 Å². The molecular formula is C20H19N5O2. The lowest BCUT2D eigenvalue weighted by Crippen LogP contribution is -2.31. The molecule has 27 heavy (non-hydrogen) atoms. The zero-order chi connectivity index (χ0) is 19.0. The number of pyridine rings is 2. The summed E-state index contributed by atoms with van der Waals surface area (Å²) in [6.45, 7) is 4.54. The third kappa shape index (κ3) is 3.08. The van der Waals surface area contributed by atoms with Crippen molar-refractivity contribution in [1.29, 1.82) is 0 Å². The molecule has 1 N–H and O–H groups in total. The molecule has 1 amide bonds. The molecule has 136 valence electrons. The summed E-state index contributed by atoms with van der Waals surface area (Å²) >= 11 is 0. The number of hydrogen-bond donors (Lipinski definition) is 1. The smallest absolute Gasteiger partial charge is 0.350 e. The van der Waals surface area contributed by atoms with Gasteiger partial charge in [0.05, 0.1) is 12.1 Å². The van der Waals surface area contributed by atoms with Crippen molar-refractivity contribution < 1.29 is 4.79 Å². The lowest BCUT2D eigenvalue weighted by Gasteiger charge is -2.04. The molecule has 0 bridgehead atoms. The first kappa shape index (κ1) is 17.0. The molecular weight excluding hydrogens is 342 g/mol. The van der Waals surface area contributed by atoms with E-state index in [2.05, 4.69) is 15.4 Å². The molecule has 7 nitrogen and oxygen atoms in total. The molecule has 0 aliphatic heterocycles. The maximum Gasteiger partial charge on any atom is 0.350 e. The van der Waals surface area contributed by atoms with Crippen LogP contribution in [0.1, 0.15) is 21.5 Å². The van der Waals surface area contributed by atoms with E-state index in [9.17, 15) is 9.59 Å². The van der Waals surface area contributed by atoms with Crippen LogP contribution in [0, 0.1) is 13.8 Å². The molecule has 0 saturated carbocycles. The Morgan fingerprint density at radius 2 is 1.89 bits per heavy atom. The Hall–Kier alpha value is -3.48. The van der Waals surface area contributed by atoms with Gasteiger partial charge in [-0.15, -0.1) is 5.10 Å². The van der Waals surface area contributed by atoms with Crippen LogP contribution in [0.4, 0.5) is 0 Å². The maximum atomic E-state index is 12.9. The van der Waals surface area contributed by atoms with E-state index in [-0.39, 0.29) is 11.6 Å². The fraction of sp³-hybridized carbons (Fsp3) is 0.200. The second-order valence-corrected chi connectivity index (χ2v) is 6.55. The first-order chi connectivity index (χ1) is 13.0. The molecule has 7 heteroatoms. The highest BCUT2D eigenvalue weighted by atomic mass is 16.2. The summed E-state index contributed by atoms with van der Waals surface area (Å²) in [5.41, 5.74) is 3.82. The van der Waals surface area contributed by atoms with E-state index in [4.69, 9.17) is 0 Å². The van der Waals surface area contributed by atoms with Gasteiger partial charge in [0, 0.05) is 24.5 Å². The molecule has 3 aromatic heterocycles. The van der Waals surface area contributed by atoms with Crippen LogP contribution in [-0.2, 0) is 6.54 Å². The Morgan fingerprint density at radius 1 is 1.11 bits per heavy atom. The zero-order valence-electron chi connectivity index (χ0n) is 15.1. The van der Waals surface area contributed by atoms with Gasteiger partial charge in [-0.1, -0.05) is 12.1 Å². The van der Waals surface area contributed by atoms with Crippen molar-refractivity contribution in [2.75, 3.05) is 6.54 Å². The minimum absolute atomic E-state index is 0.202. The van der Waals surface area contributed by atoms with Crippen molar-refractivity contribution in [1.82, 2.24) is 24.5 Å². The Balaban J connectivity index is 1.63. The summed E-state index contributed by atoms with van der Waals surface area (Å²) in [6, 6.07) is 11.3. The van der Waals surface area contributed by atoms with E-state index < -0.39 is 0 Å². The Morgan fingerprint density at radius 3 is 2.67 bits per heavy atom. The number of rotatable bonds is 4. The Labute approximate surface area is 155 Å². The fourth-order valence-corrected chi connectivity index (χ4v) is 3.17. The van der Waals surface area contributed by atoms with Gasteiger partial charge in [-0.3, -0.25) is 9.78 Å². The van der Waals surface area contributed by atoms with E-state index >= 15 is 0 Å². The van der Waals surface area contributed by atoms with Gasteiger partial charge in [-0.25, -0.2) is 13.9 Å². The monoisotopic (exact) mass is 361 g/mol.